The first-order valence-corrected chi connectivity index (χ1v) is 5.91. The van der Waals surface area contributed by atoms with Crippen molar-refractivity contribution in [2.75, 3.05) is 13.7 Å². The minimum Gasteiger partial charge on any atom is -0.372 e. The molecular weight excluding hydrogens is 216 g/mol. The maximum atomic E-state index is 5.73. The van der Waals surface area contributed by atoms with Crippen LogP contribution in [0.1, 0.15) is 30.8 Å². The summed E-state index contributed by atoms with van der Waals surface area (Å²) in [5.74, 6) is 0.909. The minimum atomic E-state index is -0.148. The van der Waals surface area contributed by atoms with Crippen LogP contribution in [0.15, 0.2) is 18.3 Å². The molecule has 0 aliphatic heterocycles. The molecule has 2 aromatic rings. The Kier molecular flexibility index (Phi) is 2.57. The summed E-state index contributed by atoms with van der Waals surface area (Å²) in [6.07, 6.45) is 4.04. The average Bonchev–Trinajstić information content (AvgIpc) is 3.12. The fourth-order valence-corrected chi connectivity index (χ4v) is 2.17. The van der Waals surface area contributed by atoms with Gasteiger partial charge in [-0.15, -0.1) is 0 Å². The molecular formula is C12H16N4O. The molecule has 0 bridgehead atoms. The van der Waals surface area contributed by atoms with Gasteiger partial charge in [-0.3, -0.25) is 0 Å². The maximum Gasteiger partial charge on any atom is 0.160 e. The van der Waals surface area contributed by atoms with Gasteiger partial charge in [0.2, 0.25) is 0 Å². The van der Waals surface area contributed by atoms with Gasteiger partial charge in [0.15, 0.2) is 5.65 Å². The first kappa shape index (κ1) is 10.7. The number of imidazole rings is 1. The van der Waals surface area contributed by atoms with Gasteiger partial charge in [-0.2, -0.15) is 0 Å². The summed E-state index contributed by atoms with van der Waals surface area (Å²) in [6, 6.07) is 4.41. The van der Waals surface area contributed by atoms with E-state index in [0.717, 1.165) is 17.0 Å². The highest BCUT2D eigenvalue weighted by Crippen LogP contribution is 2.39. The van der Waals surface area contributed by atoms with Gasteiger partial charge in [0.1, 0.15) is 17.4 Å². The maximum absolute atomic E-state index is 5.73. The van der Waals surface area contributed by atoms with Crippen LogP contribution in [-0.2, 0) is 4.74 Å². The molecule has 1 aliphatic carbocycles. The van der Waals surface area contributed by atoms with Crippen LogP contribution in [0.4, 0.5) is 0 Å². The van der Waals surface area contributed by atoms with Gasteiger partial charge in [-0.1, -0.05) is 0 Å². The molecule has 5 heteroatoms. The number of nitrogens with zero attached hydrogens (tertiary/aromatic N) is 3. The van der Waals surface area contributed by atoms with Crippen LogP contribution in [0.3, 0.4) is 0 Å². The Bertz CT molecular complexity index is 528. The second kappa shape index (κ2) is 4.09. The number of methoxy groups -OCH3 is 1. The van der Waals surface area contributed by atoms with Crippen molar-refractivity contribution in [1.82, 2.24) is 14.5 Å². The third kappa shape index (κ3) is 1.71. The van der Waals surface area contributed by atoms with Crippen molar-refractivity contribution in [2.24, 2.45) is 5.73 Å². The van der Waals surface area contributed by atoms with Gasteiger partial charge < -0.3 is 15.0 Å². The van der Waals surface area contributed by atoms with Crippen LogP contribution in [0, 0.1) is 0 Å². The second-order valence-electron chi connectivity index (χ2n) is 4.38. The minimum absolute atomic E-state index is 0.148. The summed E-state index contributed by atoms with van der Waals surface area (Å²) < 4.78 is 7.59. The van der Waals surface area contributed by atoms with Crippen LogP contribution in [0.25, 0.3) is 11.2 Å². The molecule has 3 rings (SSSR count). The normalized spacial score (nSPS) is 17.5. The molecule has 0 saturated heterocycles. The summed E-state index contributed by atoms with van der Waals surface area (Å²) in [6.45, 7) is 0.437. The van der Waals surface area contributed by atoms with Crippen molar-refractivity contribution >= 4 is 11.2 Å². The molecule has 0 radical (unpaired) electrons. The van der Waals surface area contributed by atoms with Crippen molar-refractivity contribution in [3.8, 4) is 0 Å². The lowest BCUT2D eigenvalue weighted by molar-refractivity contribution is 0.1000. The Labute approximate surface area is 99.6 Å². The number of hydrogen-bond acceptors (Lipinski definition) is 4. The monoisotopic (exact) mass is 232 g/mol. The predicted octanol–water partition coefficient (Wildman–Crippen LogP) is 1.41. The smallest absolute Gasteiger partial charge is 0.160 e. The van der Waals surface area contributed by atoms with Crippen LogP contribution < -0.4 is 5.73 Å². The zero-order valence-corrected chi connectivity index (χ0v) is 9.84. The standard InChI is InChI=1S/C12H16N4O/c1-17-10(7-13)12-15-9-3-2-6-14-11(9)16(12)8-4-5-8/h2-3,6,8,10H,4-5,7,13H2,1H3. The fraction of sp³-hybridized carbons (Fsp3) is 0.500. The summed E-state index contributed by atoms with van der Waals surface area (Å²) >= 11 is 0. The number of aromatic nitrogens is 3. The van der Waals surface area contributed by atoms with Crippen LogP contribution in [0.5, 0.6) is 0 Å². The summed E-state index contributed by atoms with van der Waals surface area (Å²) in [5.41, 5.74) is 7.59. The van der Waals surface area contributed by atoms with Crippen molar-refractivity contribution in [3.63, 3.8) is 0 Å². The lowest BCUT2D eigenvalue weighted by atomic mass is 10.3. The highest BCUT2D eigenvalue weighted by molar-refractivity contribution is 5.71. The largest absolute Gasteiger partial charge is 0.372 e. The van der Waals surface area contributed by atoms with E-state index in [-0.39, 0.29) is 6.10 Å². The van der Waals surface area contributed by atoms with Gasteiger partial charge >= 0.3 is 0 Å². The summed E-state index contributed by atoms with van der Waals surface area (Å²) in [7, 11) is 1.67. The molecule has 17 heavy (non-hydrogen) atoms. The van der Waals surface area contributed by atoms with Gasteiger partial charge in [0.05, 0.1) is 0 Å². The number of hydrogen-bond donors (Lipinski definition) is 1. The van der Waals surface area contributed by atoms with Gasteiger partial charge in [-0.05, 0) is 25.0 Å². The molecule has 1 saturated carbocycles. The Morgan fingerprint density at radius 2 is 2.41 bits per heavy atom. The highest BCUT2D eigenvalue weighted by atomic mass is 16.5. The van der Waals surface area contributed by atoms with E-state index in [2.05, 4.69) is 14.5 Å². The molecule has 1 atom stereocenters. The Hall–Kier alpha value is -1.46. The van der Waals surface area contributed by atoms with E-state index < -0.39 is 0 Å². The quantitative estimate of drug-likeness (QED) is 0.865. The van der Waals surface area contributed by atoms with E-state index in [1.54, 1.807) is 13.3 Å². The number of rotatable bonds is 4. The van der Waals surface area contributed by atoms with E-state index in [0.29, 0.717) is 12.6 Å². The van der Waals surface area contributed by atoms with E-state index in [1.165, 1.54) is 12.8 Å². The van der Waals surface area contributed by atoms with Crippen LogP contribution in [-0.4, -0.2) is 28.2 Å². The lowest BCUT2D eigenvalue weighted by Gasteiger charge is -2.14. The average molecular weight is 232 g/mol. The fourth-order valence-electron chi connectivity index (χ4n) is 2.17. The molecule has 0 aromatic carbocycles. The molecule has 0 spiro atoms. The highest BCUT2D eigenvalue weighted by Gasteiger charge is 2.31. The van der Waals surface area contributed by atoms with E-state index in [9.17, 15) is 0 Å². The lowest BCUT2D eigenvalue weighted by Crippen LogP contribution is -2.18. The summed E-state index contributed by atoms with van der Waals surface area (Å²) in [4.78, 5) is 9.03. The summed E-state index contributed by atoms with van der Waals surface area (Å²) in [5, 5.41) is 0. The molecule has 2 N–H and O–H groups in total. The van der Waals surface area contributed by atoms with Gasteiger partial charge in [0.25, 0.3) is 0 Å². The molecule has 5 nitrogen and oxygen atoms in total. The van der Waals surface area contributed by atoms with E-state index in [4.69, 9.17) is 10.5 Å². The van der Waals surface area contributed by atoms with Crippen LogP contribution >= 0.6 is 0 Å². The van der Waals surface area contributed by atoms with Crippen molar-refractivity contribution in [3.05, 3.63) is 24.2 Å². The molecule has 1 aliphatic rings. The van der Waals surface area contributed by atoms with Crippen molar-refractivity contribution in [1.29, 1.82) is 0 Å². The zero-order chi connectivity index (χ0) is 11.8. The zero-order valence-electron chi connectivity index (χ0n) is 9.84. The van der Waals surface area contributed by atoms with Crippen LogP contribution in [0.2, 0.25) is 0 Å². The Morgan fingerprint density at radius 3 is 3.06 bits per heavy atom. The number of nitrogens with two attached hydrogens (primary N) is 1. The first-order valence-electron chi connectivity index (χ1n) is 5.91. The third-order valence-corrected chi connectivity index (χ3v) is 3.17. The second-order valence-corrected chi connectivity index (χ2v) is 4.38. The number of fused-ring (bicyclic) bond motifs is 1. The number of ether oxygens (including phenoxy) is 1. The SMILES string of the molecule is COC(CN)c1nc2cccnc2n1C1CC1. The third-order valence-electron chi connectivity index (χ3n) is 3.17. The molecule has 2 heterocycles. The molecule has 1 fully saturated rings. The van der Waals surface area contributed by atoms with Gasteiger partial charge in [-0.25, -0.2) is 9.97 Å². The molecule has 2 aromatic heterocycles. The van der Waals surface area contributed by atoms with E-state index >= 15 is 0 Å². The topological polar surface area (TPSA) is 66.0 Å². The molecule has 90 valence electrons. The predicted molar refractivity (Wildman–Crippen MR) is 64.6 cm³/mol. The van der Waals surface area contributed by atoms with Crippen molar-refractivity contribution < 1.29 is 4.74 Å². The Morgan fingerprint density at radius 1 is 1.59 bits per heavy atom. The van der Waals surface area contributed by atoms with E-state index in [1.807, 2.05) is 12.1 Å². The first-order chi connectivity index (χ1) is 8.35. The number of pyridine rings is 1. The van der Waals surface area contributed by atoms with Crippen molar-refractivity contribution in [2.45, 2.75) is 25.0 Å². The molecule has 1 unspecified atom stereocenters. The molecule has 0 amide bonds. The van der Waals surface area contributed by atoms with Gasteiger partial charge in [0, 0.05) is 25.9 Å². The Balaban J connectivity index is 2.18.